The summed E-state index contributed by atoms with van der Waals surface area (Å²) in [5.41, 5.74) is 0. The Hall–Kier alpha value is -0.220. The molecule has 2 unspecified atom stereocenters. The van der Waals surface area contributed by atoms with Crippen molar-refractivity contribution in [1.82, 2.24) is 10.2 Å². The van der Waals surface area contributed by atoms with Gasteiger partial charge < -0.3 is 4.90 Å². The fourth-order valence-electron chi connectivity index (χ4n) is 2.64. The smallest absolute Gasteiger partial charge is 0.237 e. The summed E-state index contributed by atoms with van der Waals surface area (Å²) >= 11 is 2.03. The highest BCUT2D eigenvalue weighted by molar-refractivity contribution is 8.00. The zero-order valence-electron chi connectivity index (χ0n) is 10.3. The molecule has 16 heavy (non-hydrogen) atoms. The van der Waals surface area contributed by atoms with E-state index in [4.69, 9.17) is 0 Å². The molecule has 0 aromatic heterocycles. The zero-order chi connectivity index (χ0) is 11.6. The number of rotatable bonds is 4. The number of hydrogen-bond acceptors (Lipinski definition) is 3. The molecule has 1 amide bonds. The number of nitrogens with zero attached hydrogens (tertiary/aromatic N) is 1. The summed E-state index contributed by atoms with van der Waals surface area (Å²) in [6.07, 6.45) is 5.04. The van der Waals surface area contributed by atoms with Gasteiger partial charge in [0.05, 0.1) is 12.7 Å². The molecule has 0 aliphatic carbocycles. The molecule has 2 rings (SSSR count). The van der Waals surface area contributed by atoms with Gasteiger partial charge in [0.25, 0.3) is 0 Å². The SMILES string of the molecule is CCCC1NCC(=O)N1CC1(C)CCCS1. The van der Waals surface area contributed by atoms with Crippen molar-refractivity contribution in [3.8, 4) is 0 Å². The lowest BCUT2D eigenvalue weighted by Gasteiger charge is -2.32. The lowest BCUT2D eigenvalue weighted by molar-refractivity contribution is -0.128. The second-order valence-corrected chi connectivity index (χ2v) is 6.79. The molecule has 2 aliphatic heterocycles. The number of thioether (sulfide) groups is 1. The summed E-state index contributed by atoms with van der Waals surface area (Å²) in [6, 6.07) is 0. The zero-order valence-corrected chi connectivity index (χ0v) is 11.1. The van der Waals surface area contributed by atoms with Gasteiger partial charge in [-0.3, -0.25) is 10.1 Å². The minimum absolute atomic E-state index is 0.284. The summed E-state index contributed by atoms with van der Waals surface area (Å²) in [5, 5.41) is 3.32. The van der Waals surface area contributed by atoms with Crippen molar-refractivity contribution < 1.29 is 4.79 Å². The molecule has 1 N–H and O–H groups in total. The van der Waals surface area contributed by atoms with Crippen molar-refractivity contribution in [2.24, 2.45) is 0 Å². The van der Waals surface area contributed by atoms with Crippen molar-refractivity contribution in [2.75, 3.05) is 18.8 Å². The van der Waals surface area contributed by atoms with Gasteiger partial charge in [0.1, 0.15) is 0 Å². The first-order valence-electron chi connectivity index (χ1n) is 6.31. The fraction of sp³-hybridized carbons (Fsp3) is 0.917. The maximum absolute atomic E-state index is 11.8. The van der Waals surface area contributed by atoms with Crippen LogP contribution in [0, 0.1) is 0 Å². The molecule has 0 aromatic carbocycles. The van der Waals surface area contributed by atoms with E-state index in [2.05, 4.69) is 24.1 Å². The van der Waals surface area contributed by atoms with Gasteiger partial charge in [-0.05, 0) is 31.9 Å². The van der Waals surface area contributed by atoms with E-state index < -0.39 is 0 Å². The predicted octanol–water partition coefficient (Wildman–Crippen LogP) is 1.83. The maximum atomic E-state index is 11.8. The van der Waals surface area contributed by atoms with Crippen LogP contribution >= 0.6 is 11.8 Å². The van der Waals surface area contributed by atoms with E-state index in [0.717, 1.165) is 19.4 Å². The summed E-state index contributed by atoms with van der Waals surface area (Å²) in [5.74, 6) is 1.54. The number of nitrogens with one attached hydrogen (secondary N) is 1. The molecular weight excluding hydrogens is 220 g/mol. The molecule has 3 nitrogen and oxygen atoms in total. The third kappa shape index (κ3) is 2.54. The molecule has 0 radical (unpaired) electrons. The number of carbonyl (C=O) groups is 1. The third-order valence-electron chi connectivity index (χ3n) is 3.55. The molecule has 2 saturated heterocycles. The second kappa shape index (κ2) is 4.96. The molecule has 2 fully saturated rings. The molecule has 2 aliphatic rings. The lowest BCUT2D eigenvalue weighted by atomic mass is 10.0. The quantitative estimate of drug-likeness (QED) is 0.816. The Kier molecular flexibility index (Phi) is 3.80. The Bertz CT molecular complexity index is 264. The molecule has 2 atom stereocenters. The Balaban J connectivity index is 1.97. The van der Waals surface area contributed by atoms with E-state index in [1.165, 1.54) is 18.6 Å². The topological polar surface area (TPSA) is 32.3 Å². The van der Waals surface area contributed by atoms with Gasteiger partial charge in [0, 0.05) is 11.3 Å². The van der Waals surface area contributed by atoms with E-state index in [0.29, 0.717) is 11.3 Å². The maximum Gasteiger partial charge on any atom is 0.237 e. The third-order valence-corrected chi connectivity index (χ3v) is 5.08. The normalized spacial score (nSPS) is 35.0. The van der Waals surface area contributed by atoms with Crippen LogP contribution in [0.3, 0.4) is 0 Å². The highest BCUT2D eigenvalue weighted by Gasteiger charge is 2.38. The van der Waals surface area contributed by atoms with Gasteiger partial charge in [-0.25, -0.2) is 0 Å². The van der Waals surface area contributed by atoms with Gasteiger partial charge in [0.2, 0.25) is 5.91 Å². The summed E-state index contributed by atoms with van der Waals surface area (Å²) in [7, 11) is 0. The molecule has 0 saturated carbocycles. The molecule has 92 valence electrons. The van der Waals surface area contributed by atoms with E-state index in [1.54, 1.807) is 0 Å². The largest absolute Gasteiger partial charge is 0.325 e. The van der Waals surface area contributed by atoms with Gasteiger partial charge >= 0.3 is 0 Å². The van der Waals surface area contributed by atoms with Gasteiger partial charge in [-0.2, -0.15) is 11.8 Å². The van der Waals surface area contributed by atoms with Crippen LogP contribution in [0.1, 0.15) is 39.5 Å². The van der Waals surface area contributed by atoms with Gasteiger partial charge in [0.15, 0.2) is 0 Å². The molecule has 2 heterocycles. The van der Waals surface area contributed by atoms with E-state index >= 15 is 0 Å². The van der Waals surface area contributed by atoms with Crippen LogP contribution < -0.4 is 5.32 Å². The monoisotopic (exact) mass is 242 g/mol. The number of amides is 1. The second-order valence-electron chi connectivity index (χ2n) is 5.11. The van der Waals surface area contributed by atoms with Crippen molar-refractivity contribution in [1.29, 1.82) is 0 Å². The van der Waals surface area contributed by atoms with Crippen molar-refractivity contribution in [3.05, 3.63) is 0 Å². The van der Waals surface area contributed by atoms with E-state index in [9.17, 15) is 4.79 Å². The van der Waals surface area contributed by atoms with Crippen LogP contribution in [0.4, 0.5) is 0 Å². The average molecular weight is 242 g/mol. The van der Waals surface area contributed by atoms with Crippen LogP contribution in [-0.2, 0) is 4.79 Å². The van der Waals surface area contributed by atoms with Crippen LogP contribution in [0.25, 0.3) is 0 Å². The Morgan fingerprint density at radius 3 is 3.06 bits per heavy atom. The minimum atomic E-state index is 0.284. The van der Waals surface area contributed by atoms with Crippen molar-refractivity contribution >= 4 is 17.7 Å². The first-order valence-corrected chi connectivity index (χ1v) is 7.30. The Morgan fingerprint density at radius 2 is 2.44 bits per heavy atom. The first kappa shape index (κ1) is 12.2. The average Bonchev–Trinajstić information content (AvgIpc) is 2.80. The number of carbonyl (C=O) groups excluding carboxylic acids is 1. The van der Waals surface area contributed by atoms with E-state index in [-0.39, 0.29) is 12.1 Å². The van der Waals surface area contributed by atoms with Gasteiger partial charge in [-0.1, -0.05) is 13.3 Å². The van der Waals surface area contributed by atoms with Crippen LogP contribution in [0.15, 0.2) is 0 Å². The molecule has 0 aromatic rings. The summed E-state index contributed by atoms with van der Waals surface area (Å²) < 4.78 is 0.299. The summed E-state index contributed by atoms with van der Waals surface area (Å²) in [4.78, 5) is 13.9. The molecule has 0 spiro atoms. The van der Waals surface area contributed by atoms with Crippen molar-refractivity contribution in [2.45, 2.75) is 50.4 Å². The minimum Gasteiger partial charge on any atom is -0.325 e. The van der Waals surface area contributed by atoms with Gasteiger partial charge in [-0.15, -0.1) is 0 Å². The van der Waals surface area contributed by atoms with E-state index in [1.807, 2.05) is 11.8 Å². The lowest BCUT2D eigenvalue weighted by Crippen LogP contribution is -2.44. The highest BCUT2D eigenvalue weighted by atomic mass is 32.2. The highest BCUT2D eigenvalue weighted by Crippen LogP contribution is 2.39. The molecule has 0 bridgehead atoms. The molecular formula is C12H22N2OS. The van der Waals surface area contributed by atoms with Crippen LogP contribution in [0.2, 0.25) is 0 Å². The standard InChI is InChI=1S/C12H22N2OS/c1-3-5-10-13-8-11(15)14(10)9-12(2)6-4-7-16-12/h10,13H,3-9H2,1-2H3. The van der Waals surface area contributed by atoms with Crippen LogP contribution in [-0.4, -0.2) is 40.6 Å². The summed E-state index contributed by atoms with van der Waals surface area (Å²) in [6.45, 7) is 5.94. The Labute approximate surface area is 102 Å². The predicted molar refractivity (Wildman–Crippen MR) is 68.5 cm³/mol. The van der Waals surface area contributed by atoms with Crippen molar-refractivity contribution in [3.63, 3.8) is 0 Å². The Morgan fingerprint density at radius 1 is 1.62 bits per heavy atom. The fourth-order valence-corrected chi connectivity index (χ4v) is 3.94. The number of hydrogen-bond donors (Lipinski definition) is 1. The molecule has 4 heteroatoms. The first-order chi connectivity index (χ1) is 7.64. The van der Waals surface area contributed by atoms with Crippen LogP contribution in [0.5, 0.6) is 0 Å².